The molecule has 154 valence electrons. The van der Waals surface area contributed by atoms with Gasteiger partial charge in [0.05, 0.1) is 0 Å². The molecular formula is C22H29N5O2. The standard InChI is InChI=1S/C22H29N5O2/c28-21(9-8-15-5-4-10-23-14-15)24-18-11-17(12-18)19-13-20(27-26-19)25-22(29)16-6-2-1-3-7-16/h4-5,10,13-14,16-18H,1-3,6-9,11-12H2,(H,24,28)(H2,25,26,27,29). The van der Waals surface area contributed by atoms with Crippen molar-refractivity contribution in [3.8, 4) is 0 Å². The number of rotatable bonds is 7. The van der Waals surface area contributed by atoms with Crippen molar-refractivity contribution < 1.29 is 9.59 Å². The van der Waals surface area contributed by atoms with E-state index in [2.05, 4.69) is 25.8 Å². The van der Waals surface area contributed by atoms with E-state index in [0.29, 0.717) is 24.6 Å². The van der Waals surface area contributed by atoms with Crippen LogP contribution in [0.4, 0.5) is 5.82 Å². The fourth-order valence-corrected chi connectivity index (χ4v) is 4.30. The predicted octanol–water partition coefficient (Wildman–Crippen LogP) is 3.32. The monoisotopic (exact) mass is 395 g/mol. The summed E-state index contributed by atoms with van der Waals surface area (Å²) in [5.41, 5.74) is 2.11. The molecule has 2 saturated carbocycles. The lowest BCUT2D eigenvalue weighted by Gasteiger charge is -2.35. The Morgan fingerprint density at radius 3 is 2.76 bits per heavy atom. The molecule has 2 aliphatic carbocycles. The highest BCUT2D eigenvalue weighted by Crippen LogP contribution is 2.36. The van der Waals surface area contributed by atoms with Gasteiger partial charge in [-0.2, -0.15) is 5.10 Å². The average Bonchev–Trinajstić information content (AvgIpc) is 3.18. The van der Waals surface area contributed by atoms with Crippen LogP contribution in [0.1, 0.15) is 68.5 Å². The highest BCUT2D eigenvalue weighted by molar-refractivity contribution is 5.91. The highest BCUT2D eigenvalue weighted by Gasteiger charge is 2.33. The number of H-pyrrole nitrogens is 1. The molecule has 2 heterocycles. The number of aromatic amines is 1. The minimum atomic E-state index is 0.0855. The van der Waals surface area contributed by atoms with Gasteiger partial charge < -0.3 is 10.6 Å². The molecule has 2 amide bonds. The molecule has 0 unspecified atom stereocenters. The molecule has 2 aromatic rings. The Kier molecular flexibility index (Phi) is 6.22. The Bertz CT molecular complexity index is 823. The van der Waals surface area contributed by atoms with Crippen molar-refractivity contribution in [1.82, 2.24) is 20.5 Å². The lowest BCUT2D eigenvalue weighted by Crippen LogP contribution is -2.43. The zero-order valence-electron chi connectivity index (χ0n) is 16.7. The number of hydrogen-bond acceptors (Lipinski definition) is 4. The van der Waals surface area contributed by atoms with Crippen molar-refractivity contribution in [2.45, 2.75) is 69.7 Å². The van der Waals surface area contributed by atoms with Gasteiger partial charge in [-0.15, -0.1) is 0 Å². The number of aryl methyl sites for hydroxylation is 1. The Morgan fingerprint density at radius 2 is 2.00 bits per heavy atom. The Labute approximate surface area is 171 Å². The van der Waals surface area contributed by atoms with Crippen LogP contribution >= 0.6 is 0 Å². The highest BCUT2D eigenvalue weighted by atomic mass is 16.2. The molecule has 0 aliphatic heterocycles. The molecule has 2 aliphatic rings. The summed E-state index contributed by atoms with van der Waals surface area (Å²) in [6.07, 6.45) is 12.0. The maximum absolute atomic E-state index is 12.4. The average molecular weight is 396 g/mol. The van der Waals surface area contributed by atoms with E-state index in [1.165, 1.54) is 6.42 Å². The molecule has 0 radical (unpaired) electrons. The van der Waals surface area contributed by atoms with Gasteiger partial charge in [-0.1, -0.05) is 25.3 Å². The quantitative estimate of drug-likeness (QED) is 0.669. The predicted molar refractivity (Wildman–Crippen MR) is 110 cm³/mol. The zero-order valence-corrected chi connectivity index (χ0v) is 16.7. The fraction of sp³-hybridized carbons (Fsp3) is 0.545. The van der Waals surface area contributed by atoms with Gasteiger partial charge in [0, 0.05) is 48.5 Å². The lowest BCUT2D eigenvalue weighted by molar-refractivity contribution is -0.122. The molecule has 7 nitrogen and oxygen atoms in total. The molecule has 7 heteroatoms. The molecule has 2 aromatic heterocycles. The van der Waals surface area contributed by atoms with Gasteiger partial charge in [0.1, 0.15) is 0 Å². The zero-order chi connectivity index (χ0) is 20.1. The molecule has 0 aromatic carbocycles. The first-order valence-electron chi connectivity index (χ1n) is 10.7. The van der Waals surface area contributed by atoms with Crippen LogP contribution < -0.4 is 10.6 Å². The van der Waals surface area contributed by atoms with Gasteiger partial charge in [0.25, 0.3) is 0 Å². The van der Waals surface area contributed by atoms with Crippen LogP contribution in [0.5, 0.6) is 0 Å². The number of hydrogen-bond donors (Lipinski definition) is 3. The smallest absolute Gasteiger partial charge is 0.228 e. The van der Waals surface area contributed by atoms with Gasteiger partial charge in [-0.25, -0.2) is 0 Å². The van der Waals surface area contributed by atoms with Crippen molar-refractivity contribution in [3.63, 3.8) is 0 Å². The van der Waals surface area contributed by atoms with Gasteiger partial charge in [0.15, 0.2) is 5.82 Å². The van der Waals surface area contributed by atoms with E-state index in [1.54, 1.807) is 12.4 Å². The summed E-state index contributed by atoms with van der Waals surface area (Å²) in [4.78, 5) is 28.6. The molecule has 0 spiro atoms. The third-order valence-corrected chi connectivity index (χ3v) is 6.13. The summed E-state index contributed by atoms with van der Waals surface area (Å²) < 4.78 is 0. The number of carbonyl (C=O) groups is 2. The van der Waals surface area contributed by atoms with Gasteiger partial charge in [0.2, 0.25) is 11.8 Å². The molecule has 2 fully saturated rings. The van der Waals surface area contributed by atoms with E-state index in [4.69, 9.17) is 0 Å². The number of nitrogens with zero attached hydrogens (tertiary/aromatic N) is 2. The minimum absolute atomic E-state index is 0.0855. The van der Waals surface area contributed by atoms with E-state index in [0.717, 1.165) is 49.8 Å². The first-order chi connectivity index (χ1) is 14.2. The first-order valence-corrected chi connectivity index (χ1v) is 10.7. The topological polar surface area (TPSA) is 99.8 Å². The van der Waals surface area contributed by atoms with Crippen molar-refractivity contribution in [2.24, 2.45) is 5.92 Å². The van der Waals surface area contributed by atoms with Gasteiger partial charge >= 0.3 is 0 Å². The SMILES string of the molecule is O=C(CCc1cccnc1)NC1CC(c2cc(NC(=O)C3CCCCC3)n[nH]2)C1. The molecule has 0 bridgehead atoms. The van der Waals surface area contributed by atoms with Crippen LogP contribution in [0.2, 0.25) is 0 Å². The second-order valence-corrected chi connectivity index (χ2v) is 8.33. The van der Waals surface area contributed by atoms with Crippen molar-refractivity contribution in [1.29, 1.82) is 0 Å². The van der Waals surface area contributed by atoms with Gasteiger partial charge in [-0.05, 0) is 43.7 Å². The number of anilines is 1. The molecule has 4 rings (SSSR count). The summed E-state index contributed by atoms with van der Waals surface area (Å²) >= 11 is 0. The van der Waals surface area contributed by atoms with E-state index in [-0.39, 0.29) is 23.8 Å². The molecule has 3 N–H and O–H groups in total. The third kappa shape index (κ3) is 5.22. The Hall–Kier alpha value is -2.70. The van der Waals surface area contributed by atoms with E-state index in [9.17, 15) is 9.59 Å². The van der Waals surface area contributed by atoms with E-state index in [1.807, 2.05) is 18.2 Å². The second-order valence-electron chi connectivity index (χ2n) is 8.33. The third-order valence-electron chi connectivity index (χ3n) is 6.13. The van der Waals surface area contributed by atoms with Crippen LogP contribution in [-0.4, -0.2) is 33.0 Å². The lowest BCUT2D eigenvalue weighted by atomic mass is 9.78. The summed E-state index contributed by atoms with van der Waals surface area (Å²) in [5.74, 6) is 1.27. The first kappa shape index (κ1) is 19.6. The number of nitrogens with one attached hydrogen (secondary N) is 3. The fourth-order valence-electron chi connectivity index (χ4n) is 4.30. The summed E-state index contributed by atoms with van der Waals surface area (Å²) in [7, 11) is 0. The van der Waals surface area contributed by atoms with Crippen molar-refractivity contribution in [3.05, 3.63) is 41.9 Å². The summed E-state index contributed by atoms with van der Waals surface area (Å²) in [6, 6.07) is 6.03. The van der Waals surface area contributed by atoms with E-state index < -0.39 is 0 Å². The summed E-state index contributed by atoms with van der Waals surface area (Å²) in [6.45, 7) is 0. The van der Waals surface area contributed by atoms with Crippen molar-refractivity contribution in [2.75, 3.05) is 5.32 Å². The molecule has 29 heavy (non-hydrogen) atoms. The van der Waals surface area contributed by atoms with Gasteiger partial charge in [-0.3, -0.25) is 19.7 Å². The largest absolute Gasteiger partial charge is 0.353 e. The Balaban J connectivity index is 1.18. The summed E-state index contributed by atoms with van der Waals surface area (Å²) in [5, 5.41) is 13.4. The number of carbonyl (C=O) groups excluding carboxylic acids is 2. The van der Waals surface area contributed by atoms with Crippen LogP contribution in [0.3, 0.4) is 0 Å². The normalized spacial score (nSPS) is 21.9. The number of amides is 2. The second kappa shape index (κ2) is 9.20. The minimum Gasteiger partial charge on any atom is -0.353 e. The van der Waals surface area contributed by atoms with Crippen LogP contribution in [0, 0.1) is 5.92 Å². The number of pyridine rings is 1. The maximum atomic E-state index is 12.4. The van der Waals surface area contributed by atoms with Crippen LogP contribution in [0.15, 0.2) is 30.6 Å². The molecule has 0 atom stereocenters. The number of aromatic nitrogens is 3. The Morgan fingerprint density at radius 1 is 1.17 bits per heavy atom. The van der Waals surface area contributed by atoms with Crippen LogP contribution in [0.25, 0.3) is 0 Å². The maximum Gasteiger partial charge on any atom is 0.228 e. The molecule has 0 saturated heterocycles. The molecular weight excluding hydrogens is 366 g/mol. The van der Waals surface area contributed by atoms with Crippen molar-refractivity contribution >= 4 is 17.6 Å². The van der Waals surface area contributed by atoms with Crippen LogP contribution in [-0.2, 0) is 16.0 Å². The van der Waals surface area contributed by atoms with E-state index >= 15 is 0 Å².